The number of nitrogens with zero attached hydrogens (tertiary/aromatic N) is 6. The fourth-order valence-corrected chi connectivity index (χ4v) is 3.65. The van der Waals surface area contributed by atoms with E-state index in [1.165, 1.54) is 0 Å². The molecule has 3 aromatic rings. The molecule has 0 radical (unpaired) electrons. The minimum Gasteiger partial charge on any atom is -0.352 e. The number of piperidine rings is 1. The van der Waals surface area contributed by atoms with Gasteiger partial charge in [-0.05, 0) is 50.5 Å². The van der Waals surface area contributed by atoms with Gasteiger partial charge < -0.3 is 10.2 Å². The molecule has 8 nitrogen and oxygen atoms in total. The zero-order valence-corrected chi connectivity index (χ0v) is 16.7. The summed E-state index contributed by atoms with van der Waals surface area (Å²) in [6.07, 6.45) is 6.81. The van der Waals surface area contributed by atoms with Crippen molar-refractivity contribution in [2.45, 2.75) is 33.2 Å². The number of amides is 1. The quantitative estimate of drug-likeness (QED) is 0.717. The van der Waals surface area contributed by atoms with E-state index < -0.39 is 0 Å². The van der Waals surface area contributed by atoms with Gasteiger partial charge in [-0.2, -0.15) is 10.1 Å². The summed E-state index contributed by atoms with van der Waals surface area (Å²) in [4.78, 5) is 27.8. The van der Waals surface area contributed by atoms with Gasteiger partial charge in [0.05, 0.1) is 5.69 Å². The molecule has 0 bridgehead atoms. The number of nitrogens with one attached hydrogen (secondary N) is 1. The zero-order valence-electron chi connectivity index (χ0n) is 16.7. The number of pyridine rings is 1. The number of anilines is 1. The Labute approximate surface area is 170 Å². The largest absolute Gasteiger partial charge is 0.352 e. The van der Waals surface area contributed by atoms with Crippen LogP contribution in [0.2, 0.25) is 0 Å². The summed E-state index contributed by atoms with van der Waals surface area (Å²) in [5.41, 5.74) is 3.05. The molecule has 0 atom stereocenters. The summed E-state index contributed by atoms with van der Waals surface area (Å²) < 4.78 is 1.83. The Balaban J connectivity index is 1.35. The van der Waals surface area contributed by atoms with Gasteiger partial charge in [-0.1, -0.05) is 0 Å². The highest BCUT2D eigenvalue weighted by Crippen LogP contribution is 2.22. The second-order valence-electron chi connectivity index (χ2n) is 7.39. The van der Waals surface area contributed by atoms with Crippen LogP contribution in [0.25, 0.3) is 5.82 Å². The Morgan fingerprint density at radius 1 is 1.14 bits per heavy atom. The van der Waals surface area contributed by atoms with Crippen LogP contribution in [0.15, 0.2) is 42.9 Å². The fourth-order valence-electron chi connectivity index (χ4n) is 3.65. The van der Waals surface area contributed by atoms with Gasteiger partial charge in [0.15, 0.2) is 5.82 Å². The van der Waals surface area contributed by atoms with Gasteiger partial charge in [0.1, 0.15) is 0 Å². The summed E-state index contributed by atoms with van der Waals surface area (Å²) >= 11 is 0. The number of rotatable bonds is 5. The fraction of sp³-hybridized carbons (Fsp3) is 0.381. The summed E-state index contributed by atoms with van der Waals surface area (Å²) in [5.74, 6) is 1.58. The number of carbonyl (C=O) groups excluding carboxylic acids is 1. The van der Waals surface area contributed by atoms with E-state index in [0.717, 1.165) is 48.7 Å². The van der Waals surface area contributed by atoms with Crippen LogP contribution in [0.5, 0.6) is 0 Å². The molecule has 150 valence electrons. The van der Waals surface area contributed by atoms with Crippen molar-refractivity contribution in [1.29, 1.82) is 0 Å². The van der Waals surface area contributed by atoms with Crippen LogP contribution in [-0.2, 0) is 11.3 Å². The first kappa shape index (κ1) is 19.0. The Kier molecular flexibility index (Phi) is 5.50. The van der Waals surface area contributed by atoms with Crippen molar-refractivity contribution < 1.29 is 4.79 Å². The van der Waals surface area contributed by atoms with Crippen molar-refractivity contribution >= 4 is 11.9 Å². The molecular formula is C21H25N7O. The van der Waals surface area contributed by atoms with Crippen LogP contribution in [0.4, 0.5) is 5.95 Å². The van der Waals surface area contributed by atoms with Crippen LogP contribution < -0.4 is 10.2 Å². The molecular weight excluding hydrogens is 366 g/mol. The van der Waals surface area contributed by atoms with E-state index in [1.807, 2.05) is 42.8 Å². The maximum atomic E-state index is 12.5. The number of aromatic nitrogens is 5. The lowest BCUT2D eigenvalue weighted by atomic mass is 9.96. The molecule has 1 amide bonds. The molecule has 1 aliphatic heterocycles. The summed E-state index contributed by atoms with van der Waals surface area (Å²) in [5, 5.41) is 7.53. The minimum atomic E-state index is 0.0206. The molecule has 1 aliphatic rings. The third-order valence-corrected chi connectivity index (χ3v) is 5.22. The predicted molar refractivity (Wildman–Crippen MR) is 110 cm³/mol. The Morgan fingerprint density at radius 2 is 1.90 bits per heavy atom. The normalized spacial score (nSPS) is 14.8. The molecule has 0 saturated carbocycles. The first-order valence-electron chi connectivity index (χ1n) is 9.88. The number of hydrogen-bond acceptors (Lipinski definition) is 6. The van der Waals surface area contributed by atoms with Crippen molar-refractivity contribution in [3.63, 3.8) is 0 Å². The van der Waals surface area contributed by atoms with Crippen molar-refractivity contribution in [3.8, 4) is 5.82 Å². The van der Waals surface area contributed by atoms with Crippen LogP contribution in [0, 0.1) is 19.8 Å². The molecule has 8 heteroatoms. The van der Waals surface area contributed by atoms with E-state index in [-0.39, 0.29) is 11.8 Å². The topological polar surface area (TPSA) is 88.8 Å². The van der Waals surface area contributed by atoms with Crippen molar-refractivity contribution in [2.75, 3.05) is 18.0 Å². The number of hydrogen-bond donors (Lipinski definition) is 1. The van der Waals surface area contributed by atoms with E-state index in [4.69, 9.17) is 4.98 Å². The van der Waals surface area contributed by atoms with Crippen LogP contribution in [-0.4, -0.2) is 43.7 Å². The standard InChI is InChI=1S/C21H25N7O/c1-15-13-16(2)28(26-15)19-5-10-23-21(25-19)27-11-6-18(7-12-27)20(29)24-14-17-3-8-22-9-4-17/h3-5,8-10,13,18H,6-7,11-12,14H2,1-2H3,(H,24,29). The molecule has 4 heterocycles. The van der Waals surface area contributed by atoms with Crippen LogP contribution in [0.1, 0.15) is 29.8 Å². The maximum Gasteiger partial charge on any atom is 0.227 e. The van der Waals surface area contributed by atoms with Gasteiger partial charge in [0, 0.05) is 55.9 Å². The molecule has 1 fully saturated rings. The lowest BCUT2D eigenvalue weighted by molar-refractivity contribution is -0.125. The van der Waals surface area contributed by atoms with Gasteiger partial charge in [-0.3, -0.25) is 9.78 Å². The molecule has 0 aliphatic carbocycles. The van der Waals surface area contributed by atoms with Crippen LogP contribution in [0.3, 0.4) is 0 Å². The molecule has 4 rings (SSSR count). The van der Waals surface area contributed by atoms with Crippen molar-refractivity contribution in [2.24, 2.45) is 5.92 Å². The minimum absolute atomic E-state index is 0.0206. The second-order valence-corrected chi connectivity index (χ2v) is 7.39. The highest BCUT2D eigenvalue weighted by molar-refractivity contribution is 5.78. The molecule has 0 spiro atoms. The average Bonchev–Trinajstić information content (AvgIpc) is 3.11. The second kappa shape index (κ2) is 8.38. The van der Waals surface area contributed by atoms with E-state index in [2.05, 4.69) is 25.3 Å². The molecule has 0 unspecified atom stereocenters. The van der Waals surface area contributed by atoms with Crippen molar-refractivity contribution in [3.05, 3.63) is 59.8 Å². The molecule has 29 heavy (non-hydrogen) atoms. The third-order valence-electron chi connectivity index (χ3n) is 5.22. The lowest BCUT2D eigenvalue weighted by Crippen LogP contribution is -2.41. The number of carbonyl (C=O) groups is 1. The highest BCUT2D eigenvalue weighted by Gasteiger charge is 2.26. The smallest absolute Gasteiger partial charge is 0.227 e. The van der Waals surface area contributed by atoms with Crippen LogP contribution >= 0.6 is 0 Å². The summed E-state index contributed by atoms with van der Waals surface area (Å²) in [6.45, 7) is 6.03. The van der Waals surface area contributed by atoms with Gasteiger partial charge >= 0.3 is 0 Å². The highest BCUT2D eigenvalue weighted by atomic mass is 16.1. The van der Waals surface area contributed by atoms with Gasteiger partial charge in [-0.15, -0.1) is 0 Å². The predicted octanol–water partition coefficient (Wildman–Crippen LogP) is 2.21. The summed E-state index contributed by atoms with van der Waals surface area (Å²) in [6, 6.07) is 7.71. The zero-order chi connectivity index (χ0) is 20.2. The lowest BCUT2D eigenvalue weighted by Gasteiger charge is -2.31. The first-order chi connectivity index (χ1) is 14.1. The first-order valence-corrected chi connectivity index (χ1v) is 9.88. The molecule has 0 aromatic carbocycles. The Morgan fingerprint density at radius 3 is 2.59 bits per heavy atom. The van der Waals surface area contributed by atoms with Crippen molar-refractivity contribution in [1.82, 2.24) is 30.0 Å². The average molecular weight is 391 g/mol. The van der Waals surface area contributed by atoms with Gasteiger partial charge in [0.25, 0.3) is 0 Å². The Bertz CT molecular complexity index is 978. The summed E-state index contributed by atoms with van der Waals surface area (Å²) in [7, 11) is 0. The van der Waals surface area contributed by atoms with E-state index in [1.54, 1.807) is 18.6 Å². The van der Waals surface area contributed by atoms with E-state index in [0.29, 0.717) is 12.5 Å². The van der Waals surface area contributed by atoms with E-state index in [9.17, 15) is 4.79 Å². The Hall–Kier alpha value is -3.29. The molecule has 1 saturated heterocycles. The SMILES string of the molecule is Cc1cc(C)n(-c2ccnc(N3CCC(C(=O)NCc4ccncc4)CC3)n2)n1. The molecule has 3 aromatic heterocycles. The number of aryl methyl sites for hydroxylation is 2. The van der Waals surface area contributed by atoms with Gasteiger partial charge in [0.2, 0.25) is 11.9 Å². The van der Waals surface area contributed by atoms with E-state index >= 15 is 0 Å². The molecule has 1 N–H and O–H groups in total. The third kappa shape index (κ3) is 4.42. The van der Waals surface area contributed by atoms with Gasteiger partial charge in [-0.25, -0.2) is 9.67 Å². The maximum absolute atomic E-state index is 12.5. The monoisotopic (exact) mass is 391 g/mol.